The summed E-state index contributed by atoms with van der Waals surface area (Å²) in [4.78, 5) is 7.51. The van der Waals surface area contributed by atoms with Gasteiger partial charge in [0.25, 0.3) is 0 Å². The maximum Gasteiger partial charge on any atom is 0.188 e. The van der Waals surface area contributed by atoms with E-state index in [9.17, 15) is 0 Å². The Morgan fingerprint density at radius 1 is 1.33 bits per heavy atom. The van der Waals surface area contributed by atoms with Crippen molar-refractivity contribution in [2.75, 3.05) is 0 Å². The molecule has 0 saturated heterocycles. The van der Waals surface area contributed by atoms with Crippen molar-refractivity contribution < 1.29 is 0 Å². The number of nitrogens with zero attached hydrogens (tertiary/aromatic N) is 4. The Bertz CT molecular complexity index is 465. The van der Waals surface area contributed by atoms with Crippen LogP contribution in [0.4, 0.5) is 0 Å². The van der Waals surface area contributed by atoms with E-state index in [-0.39, 0.29) is 0 Å². The molecule has 0 spiro atoms. The van der Waals surface area contributed by atoms with Crippen molar-refractivity contribution in [3.05, 3.63) is 22.5 Å². The standard InChI is InChI=1S/C10H16ClN7/c1-2-3-4-8-13-7(10(11)14-8)5-12-6-9-15-17-18-16-9/h12H,2-6H2,1H3,(H,13,14)(H,15,16,17,18). The molecular weight excluding hydrogens is 254 g/mol. The van der Waals surface area contributed by atoms with Crippen molar-refractivity contribution in [2.24, 2.45) is 0 Å². The van der Waals surface area contributed by atoms with E-state index in [1.807, 2.05) is 0 Å². The molecule has 8 heteroatoms. The summed E-state index contributed by atoms with van der Waals surface area (Å²) in [6, 6.07) is 0. The van der Waals surface area contributed by atoms with Gasteiger partial charge in [0.2, 0.25) is 0 Å². The van der Waals surface area contributed by atoms with Gasteiger partial charge in [0.05, 0.1) is 12.2 Å². The van der Waals surface area contributed by atoms with Crippen LogP contribution in [0.5, 0.6) is 0 Å². The first kappa shape index (κ1) is 13.0. The molecule has 0 saturated carbocycles. The fourth-order valence-electron chi connectivity index (χ4n) is 1.58. The number of imidazole rings is 1. The lowest BCUT2D eigenvalue weighted by molar-refractivity contribution is 0.652. The number of aromatic nitrogens is 6. The van der Waals surface area contributed by atoms with Gasteiger partial charge in [-0.25, -0.2) is 4.98 Å². The summed E-state index contributed by atoms with van der Waals surface area (Å²) < 4.78 is 0. The quantitative estimate of drug-likeness (QED) is 0.702. The highest BCUT2D eigenvalue weighted by Crippen LogP contribution is 2.13. The lowest BCUT2D eigenvalue weighted by atomic mass is 10.2. The lowest BCUT2D eigenvalue weighted by Crippen LogP contribution is -2.14. The first-order valence-electron chi connectivity index (χ1n) is 5.96. The number of rotatable bonds is 7. The van der Waals surface area contributed by atoms with E-state index >= 15 is 0 Å². The Morgan fingerprint density at radius 2 is 2.22 bits per heavy atom. The van der Waals surface area contributed by atoms with E-state index in [2.05, 4.69) is 42.8 Å². The second-order valence-corrected chi connectivity index (χ2v) is 4.35. The summed E-state index contributed by atoms with van der Waals surface area (Å²) >= 11 is 6.05. The van der Waals surface area contributed by atoms with Crippen molar-refractivity contribution in [2.45, 2.75) is 39.3 Å². The molecule has 98 valence electrons. The third-order valence-corrected chi connectivity index (χ3v) is 2.83. The van der Waals surface area contributed by atoms with Crippen LogP contribution in [0.1, 0.15) is 37.1 Å². The van der Waals surface area contributed by atoms with Crippen molar-refractivity contribution >= 4 is 11.6 Å². The summed E-state index contributed by atoms with van der Waals surface area (Å²) in [5, 5.41) is 17.3. The summed E-state index contributed by atoms with van der Waals surface area (Å²) in [5.41, 5.74) is 0.895. The predicted octanol–water partition coefficient (Wildman–Crippen LogP) is 1.21. The molecule has 0 radical (unpaired) electrons. The zero-order valence-corrected chi connectivity index (χ0v) is 11.0. The number of H-pyrrole nitrogens is 2. The Kier molecular flexibility index (Phi) is 4.66. The normalized spacial score (nSPS) is 11.0. The van der Waals surface area contributed by atoms with Gasteiger partial charge in [0.1, 0.15) is 5.82 Å². The van der Waals surface area contributed by atoms with Crippen LogP contribution in [0.15, 0.2) is 0 Å². The molecule has 18 heavy (non-hydrogen) atoms. The number of aromatic amines is 2. The van der Waals surface area contributed by atoms with Crippen molar-refractivity contribution in [3.8, 4) is 0 Å². The number of hydrogen-bond acceptors (Lipinski definition) is 5. The SMILES string of the molecule is CCCCc1nc(Cl)c(CNCc2nn[nH]n2)[nH]1. The Labute approximate surface area is 110 Å². The highest BCUT2D eigenvalue weighted by Gasteiger charge is 2.07. The molecule has 2 aromatic rings. The molecule has 0 aromatic carbocycles. The molecule has 0 aliphatic carbocycles. The first-order valence-corrected chi connectivity index (χ1v) is 6.33. The van der Waals surface area contributed by atoms with Crippen LogP contribution in [0.3, 0.4) is 0 Å². The largest absolute Gasteiger partial charge is 0.344 e. The second-order valence-electron chi connectivity index (χ2n) is 3.99. The summed E-state index contributed by atoms with van der Waals surface area (Å²) in [7, 11) is 0. The van der Waals surface area contributed by atoms with Crippen LogP contribution in [0.25, 0.3) is 0 Å². The van der Waals surface area contributed by atoms with Gasteiger partial charge in [-0.05, 0) is 6.42 Å². The minimum absolute atomic E-state index is 0.529. The molecule has 0 bridgehead atoms. The smallest absolute Gasteiger partial charge is 0.188 e. The van der Waals surface area contributed by atoms with Gasteiger partial charge in [-0.3, -0.25) is 0 Å². The first-order chi connectivity index (χ1) is 8.79. The Morgan fingerprint density at radius 3 is 2.94 bits per heavy atom. The van der Waals surface area contributed by atoms with Crippen LogP contribution in [0.2, 0.25) is 5.15 Å². The maximum absolute atomic E-state index is 6.05. The number of hydrogen-bond donors (Lipinski definition) is 3. The average Bonchev–Trinajstić information content (AvgIpc) is 2.98. The molecule has 0 fully saturated rings. The molecule has 2 rings (SSSR count). The van der Waals surface area contributed by atoms with Crippen LogP contribution >= 0.6 is 11.6 Å². The molecule has 2 aromatic heterocycles. The van der Waals surface area contributed by atoms with Crippen LogP contribution in [0, 0.1) is 0 Å². The molecule has 0 amide bonds. The fraction of sp³-hybridized carbons (Fsp3) is 0.600. The van der Waals surface area contributed by atoms with Crippen LogP contribution in [-0.4, -0.2) is 30.6 Å². The van der Waals surface area contributed by atoms with E-state index in [4.69, 9.17) is 11.6 Å². The number of unbranched alkanes of at least 4 members (excludes halogenated alkanes) is 1. The van der Waals surface area contributed by atoms with Crippen molar-refractivity contribution in [1.82, 2.24) is 35.9 Å². The van der Waals surface area contributed by atoms with Gasteiger partial charge in [0.15, 0.2) is 11.0 Å². The monoisotopic (exact) mass is 269 g/mol. The fourth-order valence-corrected chi connectivity index (χ4v) is 1.79. The predicted molar refractivity (Wildman–Crippen MR) is 66.9 cm³/mol. The van der Waals surface area contributed by atoms with E-state index in [0.29, 0.717) is 24.1 Å². The average molecular weight is 270 g/mol. The molecule has 7 nitrogen and oxygen atoms in total. The Balaban J connectivity index is 1.83. The number of nitrogens with one attached hydrogen (secondary N) is 3. The van der Waals surface area contributed by atoms with E-state index in [1.165, 1.54) is 0 Å². The van der Waals surface area contributed by atoms with Gasteiger partial charge in [-0.2, -0.15) is 5.21 Å². The number of halogens is 1. The zero-order valence-electron chi connectivity index (χ0n) is 10.2. The molecule has 0 aliphatic rings. The topological polar surface area (TPSA) is 95.2 Å². The summed E-state index contributed by atoms with van der Waals surface area (Å²) in [6.45, 7) is 3.29. The third-order valence-electron chi connectivity index (χ3n) is 2.52. The molecular formula is C10H16ClN7. The van der Waals surface area contributed by atoms with Gasteiger partial charge in [-0.15, -0.1) is 10.2 Å². The van der Waals surface area contributed by atoms with Gasteiger partial charge >= 0.3 is 0 Å². The molecule has 0 atom stereocenters. The van der Waals surface area contributed by atoms with E-state index in [0.717, 1.165) is 30.8 Å². The number of tetrazole rings is 1. The molecule has 2 heterocycles. The molecule has 0 unspecified atom stereocenters. The summed E-state index contributed by atoms with van der Waals surface area (Å²) in [5.74, 6) is 1.56. The van der Waals surface area contributed by atoms with Crippen molar-refractivity contribution in [1.29, 1.82) is 0 Å². The zero-order chi connectivity index (χ0) is 12.8. The van der Waals surface area contributed by atoms with Gasteiger partial charge in [-0.1, -0.05) is 30.2 Å². The van der Waals surface area contributed by atoms with Crippen LogP contribution in [-0.2, 0) is 19.5 Å². The number of aryl methyl sites for hydroxylation is 1. The minimum Gasteiger partial charge on any atom is -0.344 e. The molecule has 0 aliphatic heterocycles. The van der Waals surface area contributed by atoms with Crippen LogP contribution < -0.4 is 5.32 Å². The second kappa shape index (κ2) is 6.46. The summed E-state index contributed by atoms with van der Waals surface area (Å²) in [6.07, 6.45) is 3.18. The van der Waals surface area contributed by atoms with Crippen molar-refractivity contribution in [3.63, 3.8) is 0 Å². The van der Waals surface area contributed by atoms with Gasteiger partial charge in [0, 0.05) is 13.0 Å². The highest BCUT2D eigenvalue weighted by atomic mass is 35.5. The Hall–Kier alpha value is -1.47. The third kappa shape index (κ3) is 3.51. The maximum atomic E-state index is 6.05. The van der Waals surface area contributed by atoms with Gasteiger partial charge < -0.3 is 10.3 Å². The molecule has 3 N–H and O–H groups in total. The highest BCUT2D eigenvalue weighted by molar-refractivity contribution is 6.30. The van der Waals surface area contributed by atoms with E-state index < -0.39 is 0 Å². The van der Waals surface area contributed by atoms with E-state index in [1.54, 1.807) is 0 Å². The minimum atomic E-state index is 0.529. The lowest BCUT2D eigenvalue weighted by Gasteiger charge is -1.99.